The summed E-state index contributed by atoms with van der Waals surface area (Å²) in [7, 11) is 0. The zero-order valence-corrected chi connectivity index (χ0v) is 30.7. The maximum atomic E-state index is 11.4. The van der Waals surface area contributed by atoms with Crippen LogP contribution in [0.1, 0.15) is 133 Å². The average Bonchev–Trinajstić information content (AvgIpc) is 3.03. The van der Waals surface area contributed by atoms with Gasteiger partial charge in [0.1, 0.15) is 0 Å². The fraction of sp³-hybridized carbons (Fsp3) is 0.721. The molecule has 0 bridgehead atoms. The molecule has 3 aliphatic rings. The summed E-state index contributed by atoms with van der Waals surface area (Å²) >= 11 is 0. The predicted molar refractivity (Wildman–Crippen MR) is 196 cm³/mol. The molecule has 6 unspecified atom stereocenters. The number of hydrogen-bond donors (Lipinski definition) is 2. The first kappa shape index (κ1) is 37.8. The lowest BCUT2D eigenvalue weighted by Crippen LogP contribution is -2.34. The van der Waals surface area contributed by atoms with Crippen LogP contribution in [0.5, 0.6) is 0 Å². The van der Waals surface area contributed by atoms with E-state index in [0.717, 1.165) is 31.3 Å². The lowest BCUT2D eigenvalue weighted by atomic mass is 9.63. The molecule has 2 N–H and O–H groups in total. The monoisotopic (exact) mass is 619 g/mol. The summed E-state index contributed by atoms with van der Waals surface area (Å²) < 4.78 is 0. The van der Waals surface area contributed by atoms with E-state index < -0.39 is 0 Å². The Hall–Kier alpha value is -1.64. The van der Waals surface area contributed by atoms with E-state index in [4.69, 9.17) is 0 Å². The molecule has 0 heterocycles. The summed E-state index contributed by atoms with van der Waals surface area (Å²) in [4.78, 5) is 0. The van der Waals surface area contributed by atoms with Crippen LogP contribution >= 0.6 is 0 Å². The van der Waals surface area contributed by atoms with E-state index in [-0.39, 0.29) is 18.6 Å². The summed E-state index contributed by atoms with van der Waals surface area (Å²) in [5.41, 5.74) is 8.65. The first-order valence-corrected chi connectivity index (χ1v) is 18.8. The quantitative estimate of drug-likeness (QED) is 0.142. The molecule has 3 rings (SSSR count). The number of aliphatic hydroxyl groups excluding tert-OH is 2. The summed E-state index contributed by atoms with van der Waals surface area (Å²) in [6.07, 6.45) is 24.7. The summed E-state index contributed by atoms with van der Waals surface area (Å²) in [6.45, 7) is 25.2. The lowest BCUT2D eigenvalue weighted by Gasteiger charge is -2.42. The third kappa shape index (κ3) is 10.2. The first-order chi connectivity index (χ1) is 21.4. The van der Waals surface area contributed by atoms with Crippen molar-refractivity contribution >= 4 is 0 Å². The third-order valence-corrected chi connectivity index (χ3v) is 12.2. The van der Waals surface area contributed by atoms with Crippen molar-refractivity contribution in [2.75, 3.05) is 6.61 Å². The topological polar surface area (TPSA) is 40.5 Å². The van der Waals surface area contributed by atoms with Crippen molar-refractivity contribution in [3.63, 3.8) is 0 Å². The highest BCUT2D eigenvalue weighted by Gasteiger charge is 2.37. The molecule has 45 heavy (non-hydrogen) atoms. The molecule has 0 saturated heterocycles. The van der Waals surface area contributed by atoms with Crippen molar-refractivity contribution in [2.24, 2.45) is 53.3 Å². The van der Waals surface area contributed by atoms with E-state index in [2.05, 4.69) is 93.2 Å². The van der Waals surface area contributed by atoms with Crippen LogP contribution in [-0.4, -0.2) is 22.9 Å². The highest BCUT2D eigenvalue weighted by Crippen LogP contribution is 2.47. The van der Waals surface area contributed by atoms with Crippen molar-refractivity contribution in [2.45, 2.75) is 139 Å². The van der Waals surface area contributed by atoms with Gasteiger partial charge in [0.15, 0.2) is 0 Å². The molecule has 0 aromatic carbocycles. The molecular weight excluding hydrogens is 548 g/mol. The zero-order valence-electron chi connectivity index (χ0n) is 30.7. The normalized spacial score (nSPS) is 28.5. The van der Waals surface area contributed by atoms with E-state index in [9.17, 15) is 10.2 Å². The molecule has 9 atom stereocenters. The van der Waals surface area contributed by atoms with Gasteiger partial charge >= 0.3 is 0 Å². The van der Waals surface area contributed by atoms with Crippen molar-refractivity contribution in [1.29, 1.82) is 0 Å². The van der Waals surface area contributed by atoms with Crippen molar-refractivity contribution in [3.8, 4) is 0 Å². The predicted octanol–water partition coefficient (Wildman–Crippen LogP) is 11.6. The van der Waals surface area contributed by atoms with Gasteiger partial charge in [0.25, 0.3) is 0 Å². The van der Waals surface area contributed by atoms with Crippen LogP contribution in [0.4, 0.5) is 0 Å². The molecule has 0 aromatic rings. The maximum Gasteiger partial charge on any atom is 0.0676 e. The molecule has 0 spiro atoms. The Morgan fingerprint density at radius 1 is 1.09 bits per heavy atom. The van der Waals surface area contributed by atoms with Crippen LogP contribution in [0.2, 0.25) is 0 Å². The van der Waals surface area contributed by atoms with Gasteiger partial charge in [-0.25, -0.2) is 0 Å². The first-order valence-electron chi connectivity index (χ1n) is 18.8. The Labute approximate surface area is 279 Å². The van der Waals surface area contributed by atoms with E-state index in [1.165, 1.54) is 56.1 Å². The van der Waals surface area contributed by atoms with Gasteiger partial charge in [-0.15, -0.1) is 0 Å². The third-order valence-electron chi connectivity index (χ3n) is 12.2. The molecule has 0 radical (unpaired) electrons. The van der Waals surface area contributed by atoms with E-state index >= 15 is 0 Å². The number of allylic oxidation sites excluding steroid dienone is 9. The van der Waals surface area contributed by atoms with Crippen molar-refractivity contribution in [1.82, 2.24) is 0 Å². The molecule has 2 heteroatoms. The second kappa shape index (κ2) is 18.1. The zero-order chi connectivity index (χ0) is 33.3. The molecule has 0 aliphatic heterocycles. The molecule has 3 aliphatic carbocycles. The Morgan fingerprint density at radius 3 is 2.47 bits per heavy atom. The molecule has 0 aromatic heterocycles. The number of hydrogen-bond acceptors (Lipinski definition) is 2. The van der Waals surface area contributed by atoms with Gasteiger partial charge in [-0.3, -0.25) is 0 Å². The van der Waals surface area contributed by atoms with Gasteiger partial charge < -0.3 is 10.2 Å². The molecule has 0 amide bonds. The number of rotatable bonds is 15. The Balaban J connectivity index is 1.94. The van der Waals surface area contributed by atoms with Gasteiger partial charge in [0.2, 0.25) is 0 Å². The van der Waals surface area contributed by atoms with Crippen LogP contribution < -0.4 is 0 Å². The molecule has 0 saturated carbocycles. The van der Waals surface area contributed by atoms with Gasteiger partial charge in [0, 0.05) is 0 Å². The van der Waals surface area contributed by atoms with Crippen LogP contribution in [0.15, 0.2) is 70.4 Å². The van der Waals surface area contributed by atoms with Crippen LogP contribution in [0.25, 0.3) is 0 Å². The smallest absolute Gasteiger partial charge is 0.0676 e. The minimum absolute atomic E-state index is 0.00701. The largest absolute Gasteiger partial charge is 0.393 e. The van der Waals surface area contributed by atoms with E-state index in [0.29, 0.717) is 47.3 Å². The Morgan fingerprint density at radius 2 is 1.82 bits per heavy atom. The van der Waals surface area contributed by atoms with Gasteiger partial charge in [-0.2, -0.15) is 0 Å². The fourth-order valence-corrected chi connectivity index (χ4v) is 9.05. The summed E-state index contributed by atoms with van der Waals surface area (Å²) in [5, 5.41) is 20.9. The molecule has 0 fully saturated rings. The average molecular weight is 619 g/mol. The second-order valence-electron chi connectivity index (χ2n) is 15.9. The van der Waals surface area contributed by atoms with Gasteiger partial charge in [0.05, 0.1) is 12.7 Å². The van der Waals surface area contributed by atoms with E-state index in [1.54, 1.807) is 16.7 Å². The number of aliphatic hydroxyl groups is 2. The van der Waals surface area contributed by atoms with Crippen molar-refractivity contribution in [3.05, 3.63) is 70.4 Å². The lowest BCUT2D eigenvalue weighted by molar-refractivity contribution is 0.0883. The van der Waals surface area contributed by atoms with E-state index in [1.807, 2.05) is 6.08 Å². The fourth-order valence-electron chi connectivity index (χ4n) is 9.05. The summed E-state index contributed by atoms with van der Waals surface area (Å²) in [5.74, 6) is 4.92. The van der Waals surface area contributed by atoms with Crippen LogP contribution in [-0.2, 0) is 0 Å². The molecular formula is C43H70O2. The standard InChI is InChI=1S/C43H70O2/c1-11-36(23-21-30(5)27-44)33(8)34(9)43(42-24-29(4)20-22-31(42)6)26-37(35(10)45)25-32(7)39-17-13-15-19-41(39)40-18-14-12-16-38(40)28(2)3/h15-16,19,21,23,28-29,32-33,35-37,39-41,44-45H,5,11-14,17-18,20,22,24-27H2,1-4,6-10H3/b23-21-,43-34+/t29-,32?,33?,35-,36?,37+,39?,40?,41?/m1/s1. The summed E-state index contributed by atoms with van der Waals surface area (Å²) in [6, 6.07) is 0. The van der Waals surface area contributed by atoms with Crippen molar-refractivity contribution < 1.29 is 10.2 Å². The van der Waals surface area contributed by atoms with Gasteiger partial charge in [-0.05, 0) is 161 Å². The molecule has 254 valence electrons. The van der Waals surface area contributed by atoms with Crippen LogP contribution in [0, 0.1) is 53.3 Å². The maximum absolute atomic E-state index is 11.4. The second-order valence-corrected chi connectivity index (χ2v) is 15.9. The van der Waals surface area contributed by atoms with Gasteiger partial charge in [-0.1, -0.05) is 95.2 Å². The highest BCUT2D eigenvalue weighted by atomic mass is 16.3. The van der Waals surface area contributed by atoms with Crippen LogP contribution in [0.3, 0.4) is 0 Å². The minimum Gasteiger partial charge on any atom is -0.393 e. The molecule has 2 nitrogen and oxygen atoms in total. The highest BCUT2D eigenvalue weighted by molar-refractivity contribution is 5.41. The SMILES string of the molecule is C=C(/C=C\C(CC)C(C)/C(C)=C(\C[C@H](CC(C)C1CCC=CC1C1CCCC=C1C(C)C)[C@@H](C)O)C1=C(C)CC[C@@H](C)C1)CO. The minimum atomic E-state index is -0.333. The Kier molecular flexibility index (Phi) is 15.2. The Bertz CT molecular complexity index is 1110.